The van der Waals surface area contributed by atoms with Crippen LogP contribution in [0.25, 0.3) is 0 Å². The van der Waals surface area contributed by atoms with Crippen LogP contribution >= 0.6 is 11.6 Å². The van der Waals surface area contributed by atoms with Crippen LogP contribution in [0.3, 0.4) is 0 Å². The number of hydrogen-bond donors (Lipinski definition) is 0. The summed E-state index contributed by atoms with van der Waals surface area (Å²) in [6, 6.07) is 0. The molecule has 2 amide bonds. The minimum Gasteiger partial charge on any atom is -0.443 e. The Morgan fingerprint density at radius 3 is 1.87 bits per heavy atom. The normalized spacial score (nSPS) is 11.8. The molecule has 0 saturated heterocycles. The minimum absolute atomic E-state index is 0.347. The first-order chi connectivity index (χ1) is 10.3. The van der Waals surface area contributed by atoms with Crippen molar-refractivity contribution in [2.45, 2.75) is 52.7 Å². The predicted molar refractivity (Wildman–Crippen MR) is 81.9 cm³/mol. The van der Waals surface area contributed by atoms with Gasteiger partial charge >= 0.3 is 12.2 Å². The SMILES string of the molecule is CC(C)(C)OC(=O)N(C(=O)OC(C)(C)C)c1ncnc(Cl)c1F. The van der Waals surface area contributed by atoms with E-state index in [0.717, 1.165) is 6.33 Å². The van der Waals surface area contributed by atoms with Crippen molar-refractivity contribution in [2.24, 2.45) is 0 Å². The van der Waals surface area contributed by atoms with Crippen LogP contribution in [0.2, 0.25) is 5.15 Å². The molecule has 0 aliphatic heterocycles. The van der Waals surface area contributed by atoms with Gasteiger partial charge in [0.25, 0.3) is 0 Å². The number of rotatable bonds is 1. The van der Waals surface area contributed by atoms with E-state index >= 15 is 0 Å². The molecule has 7 nitrogen and oxygen atoms in total. The topological polar surface area (TPSA) is 81.6 Å². The molecule has 1 aromatic rings. The minimum atomic E-state index is -1.14. The summed E-state index contributed by atoms with van der Waals surface area (Å²) >= 11 is 5.58. The standard InChI is InChI=1S/C14H19ClFN3O4/c1-13(2,3)22-11(20)19(12(21)23-14(4,5)6)10-8(16)9(15)17-7-18-10/h7H,1-6H3. The summed E-state index contributed by atoms with van der Waals surface area (Å²) in [5.74, 6) is -1.78. The highest BCUT2D eigenvalue weighted by atomic mass is 35.5. The summed E-state index contributed by atoms with van der Waals surface area (Å²) in [7, 11) is 0. The Labute approximate surface area is 138 Å². The molecule has 0 saturated carbocycles. The highest BCUT2D eigenvalue weighted by molar-refractivity contribution is 6.30. The van der Waals surface area contributed by atoms with Crippen LogP contribution in [0.4, 0.5) is 19.8 Å². The monoisotopic (exact) mass is 347 g/mol. The average molecular weight is 348 g/mol. The molecular formula is C14H19ClFN3O4. The van der Waals surface area contributed by atoms with Crippen molar-refractivity contribution < 1.29 is 23.5 Å². The van der Waals surface area contributed by atoms with Gasteiger partial charge in [-0.2, -0.15) is 9.29 Å². The first-order valence-electron chi connectivity index (χ1n) is 6.74. The van der Waals surface area contributed by atoms with Gasteiger partial charge in [-0.15, -0.1) is 0 Å². The molecule has 1 aromatic heterocycles. The van der Waals surface area contributed by atoms with E-state index in [1.807, 2.05) is 0 Å². The molecule has 128 valence electrons. The molecule has 0 fully saturated rings. The Morgan fingerprint density at radius 2 is 1.48 bits per heavy atom. The Kier molecular flexibility index (Phi) is 5.52. The summed E-state index contributed by atoms with van der Waals surface area (Å²) < 4.78 is 24.3. The Morgan fingerprint density at radius 1 is 1.04 bits per heavy atom. The fourth-order valence-electron chi connectivity index (χ4n) is 1.36. The molecule has 0 spiro atoms. The van der Waals surface area contributed by atoms with E-state index in [9.17, 15) is 14.0 Å². The lowest BCUT2D eigenvalue weighted by Gasteiger charge is -2.28. The largest absolute Gasteiger partial charge is 0.443 e. The summed E-state index contributed by atoms with van der Waals surface area (Å²) in [4.78, 5) is 31.9. The molecule has 0 aromatic carbocycles. The van der Waals surface area contributed by atoms with E-state index < -0.39 is 40.2 Å². The third-order valence-electron chi connectivity index (χ3n) is 2.09. The Balaban J connectivity index is 3.29. The molecular weight excluding hydrogens is 329 g/mol. The van der Waals surface area contributed by atoms with Crippen LogP contribution < -0.4 is 4.90 Å². The Bertz CT molecular complexity index is 583. The number of anilines is 1. The van der Waals surface area contributed by atoms with Crippen molar-refractivity contribution in [3.8, 4) is 0 Å². The maximum Gasteiger partial charge on any atom is 0.425 e. The molecule has 9 heteroatoms. The van der Waals surface area contributed by atoms with Crippen molar-refractivity contribution >= 4 is 29.6 Å². The van der Waals surface area contributed by atoms with E-state index in [0.29, 0.717) is 4.90 Å². The fraction of sp³-hybridized carbons (Fsp3) is 0.571. The number of imide groups is 1. The lowest BCUT2D eigenvalue weighted by Crippen LogP contribution is -2.44. The smallest absolute Gasteiger partial charge is 0.425 e. The molecule has 0 aliphatic carbocycles. The van der Waals surface area contributed by atoms with Gasteiger partial charge in [-0.05, 0) is 41.5 Å². The molecule has 1 rings (SSSR count). The highest BCUT2D eigenvalue weighted by Gasteiger charge is 2.36. The summed E-state index contributed by atoms with van der Waals surface area (Å²) in [6.45, 7) is 9.59. The van der Waals surface area contributed by atoms with Crippen LogP contribution in [0.15, 0.2) is 6.33 Å². The second-order valence-corrected chi connectivity index (χ2v) is 6.96. The average Bonchev–Trinajstić information content (AvgIpc) is 2.30. The molecule has 0 bridgehead atoms. The number of carbonyl (C=O) groups excluding carboxylic acids is 2. The lowest BCUT2D eigenvalue weighted by molar-refractivity contribution is 0.0427. The summed E-state index contributed by atoms with van der Waals surface area (Å²) in [5, 5.41) is -0.535. The van der Waals surface area contributed by atoms with Gasteiger partial charge in [0.15, 0.2) is 11.0 Å². The van der Waals surface area contributed by atoms with Crippen molar-refractivity contribution in [1.82, 2.24) is 9.97 Å². The number of carbonyl (C=O) groups is 2. The maximum atomic E-state index is 14.1. The summed E-state index contributed by atoms with van der Waals surface area (Å²) in [6.07, 6.45) is -1.36. The quantitative estimate of drug-likeness (QED) is 0.715. The molecule has 0 N–H and O–H groups in total. The number of halogens is 2. The van der Waals surface area contributed by atoms with Gasteiger partial charge in [0.1, 0.15) is 17.5 Å². The number of amides is 2. The predicted octanol–water partition coefficient (Wildman–Crippen LogP) is 3.95. The van der Waals surface area contributed by atoms with Crippen LogP contribution in [0, 0.1) is 5.82 Å². The molecule has 0 atom stereocenters. The zero-order valence-corrected chi connectivity index (χ0v) is 14.6. The van der Waals surface area contributed by atoms with Gasteiger partial charge in [0, 0.05) is 0 Å². The van der Waals surface area contributed by atoms with E-state index in [1.165, 1.54) is 0 Å². The van der Waals surface area contributed by atoms with Crippen LogP contribution in [0.5, 0.6) is 0 Å². The zero-order chi connectivity index (χ0) is 18.0. The second-order valence-electron chi connectivity index (χ2n) is 6.60. The van der Waals surface area contributed by atoms with E-state index in [4.69, 9.17) is 21.1 Å². The van der Waals surface area contributed by atoms with E-state index in [1.54, 1.807) is 41.5 Å². The van der Waals surface area contributed by atoms with Gasteiger partial charge < -0.3 is 9.47 Å². The van der Waals surface area contributed by atoms with Gasteiger partial charge in [-0.1, -0.05) is 11.6 Å². The van der Waals surface area contributed by atoms with Crippen LogP contribution in [-0.2, 0) is 9.47 Å². The second kappa shape index (κ2) is 6.66. The zero-order valence-electron chi connectivity index (χ0n) is 13.8. The molecule has 0 unspecified atom stereocenters. The Hall–Kier alpha value is -1.96. The van der Waals surface area contributed by atoms with Crippen molar-refractivity contribution in [1.29, 1.82) is 0 Å². The number of nitrogens with zero attached hydrogens (tertiary/aromatic N) is 3. The summed E-state index contributed by atoms with van der Waals surface area (Å²) in [5.41, 5.74) is -1.82. The van der Waals surface area contributed by atoms with Crippen molar-refractivity contribution in [2.75, 3.05) is 4.90 Å². The molecule has 23 heavy (non-hydrogen) atoms. The first-order valence-corrected chi connectivity index (χ1v) is 7.12. The molecule has 1 heterocycles. The van der Waals surface area contributed by atoms with Crippen molar-refractivity contribution in [3.05, 3.63) is 17.3 Å². The number of hydrogen-bond acceptors (Lipinski definition) is 6. The number of aromatic nitrogens is 2. The maximum absolute atomic E-state index is 14.1. The van der Waals surface area contributed by atoms with Gasteiger partial charge in [0.2, 0.25) is 5.82 Å². The van der Waals surface area contributed by atoms with Gasteiger partial charge in [-0.3, -0.25) is 0 Å². The molecule has 0 radical (unpaired) electrons. The van der Waals surface area contributed by atoms with Crippen LogP contribution in [-0.4, -0.2) is 33.4 Å². The van der Waals surface area contributed by atoms with Gasteiger partial charge in [-0.25, -0.2) is 19.6 Å². The van der Waals surface area contributed by atoms with Gasteiger partial charge in [0.05, 0.1) is 0 Å². The molecule has 0 aliphatic rings. The third-order valence-corrected chi connectivity index (χ3v) is 2.36. The lowest BCUT2D eigenvalue weighted by atomic mass is 10.2. The first kappa shape index (κ1) is 19.1. The number of ether oxygens (including phenoxy) is 2. The van der Waals surface area contributed by atoms with E-state index in [2.05, 4.69) is 9.97 Å². The third kappa shape index (κ3) is 5.63. The highest BCUT2D eigenvalue weighted by Crippen LogP contribution is 2.25. The van der Waals surface area contributed by atoms with E-state index in [-0.39, 0.29) is 0 Å². The van der Waals surface area contributed by atoms with Crippen LogP contribution in [0.1, 0.15) is 41.5 Å². The fourth-order valence-corrected chi connectivity index (χ4v) is 1.49. The van der Waals surface area contributed by atoms with Crippen molar-refractivity contribution in [3.63, 3.8) is 0 Å².